The molecule has 0 bridgehead atoms. The van der Waals surface area contributed by atoms with E-state index in [1.165, 1.54) is 24.3 Å². The van der Waals surface area contributed by atoms with Crippen LogP contribution in [0.3, 0.4) is 0 Å². The van der Waals surface area contributed by atoms with Crippen molar-refractivity contribution in [2.45, 2.75) is 32.2 Å². The molecular weight excluding hydrogens is 320 g/mol. The number of esters is 1. The number of carbonyl (C=O) groups is 3. The normalized spacial score (nSPS) is 11.4. The predicted molar refractivity (Wildman–Crippen MR) is 82.2 cm³/mol. The van der Waals surface area contributed by atoms with E-state index in [1.807, 2.05) is 0 Å². The first kappa shape index (κ1) is 19.1. The zero-order chi connectivity index (χ0) is 18.1. The fraction of sp³-hybridized carbons (Fsp3) is 0.400. The number of nitro groups is 1. The summed E-state index contributed by atoms with van der Waals surface area (Å²) >= 11 is 0. The van der Waals surface area contributed by atoms with Gasteiger partial charge in [0.05, 0.1) is 18.0 Å². The SMILES string of the molecule is CCOC(=O)CCC(=O)N[C@@H](Cc1ccc([N+](=O)[O-])cc1)C(=O)O. The maximum Gasteiger partial charge on any atom is 0.326 e. The van der Waals surface area contributed by atoms with E-state index in [1.54, 1.807) is 6.92 Å². The van der Waals surface area contributed by atoms with Crippen LogP contribution in [0.4, 0.5) is 5.69 Å². The summed E-state index contributed by atoms with van der Waals surface area (Å²) < 4.78 is 4.68. The first-order valence-electron chi connectivity index (χ1n) is 7.24. The number of carbonyl (C=O) groups excluding carboxylic acids is 2. The van der Waals surface area contributed by atoms with E-state index in [-0.39, 0.29) is 31.6 Å². The number of hydrogen-bond donors (Lipinski definition) is 2. The minimum atomic E-state index is -1.24. The van der Waals surface area contributed by atoms with E-state index < -0.39 is 28.8 Å². The Morgan fingerprint density at radius 2 is 1.88 bits per heavy atom. The quantitative estimate of drug-likeness (QED) is 0.390. The highest BCUT2D eigenvalue weighted by molar-refractivity contribution is 5.85. The highest BCUT2D eigenvalue weighted by atomic mass is 16.6. The second-order valence-electron chi connectivity index (χ2n) is 4.89. The summed E-state index contributed by atoms with van der Waals surface area (Å²) in [6.45, 7) is 1.85. The van der Waals surface area contributed by atoms with E-state index in [4.69, 9.17) is 0 Å². The standard InChI is InChI=1S/C15H18N2O7/c1-2-24-14(19)8-7-13(18)16-12(15(20)21)9-10-3-5-11(6-4-10)17(22)23/h3-6,12H,2,7-9H2,1H3,(H,16,18)(H,20,21)/t12-/m0/s1. The largest absolute Gasteiger partial charge is 0.480 e. The van der Waals surface area contributed by atoms with E-state index in [9.17, 15) is 29.6 Å². The van der Waals surface area contributed by atoms with Gasteiger partial charge in [0, 0.05) is 25.0 Å². The van der Waals surface area contributed by atoms with Crippen LogP contribution in [0.15, 0.2) is 24.3 Å². The fourth-order valence-electron chi connectivity index (χ4n) is 1.90. The average Bonchev–Trinajstić information content (AvgIpc) is 2.53. The second kappa shape index (κ2) is 9.23. The lowest BCUT2D eigenvalue weighted by Crippen LogP contribution is -2.42. The van der Waals surface area contributed by atoms with Crippen LogP contribution in [0.2, 0.25) is 0 Å². The lowest BCUT2D eigenvalue weighted by atomic mass is 10.1. The topological polar surface area (TPSA) is 136 Å². The van der Waals surface area contributed by atoms with Crippen LogP contribution in [-0.2, 0) is 25.5 Å². The van der Waals surface area contributed by atoms with Gasteiger partial charge >= 0.3 is 11.9 Å². The Bertz CT molecular complexity index is 613. The summed E-state index contributed by atoms with van der Waals surface area (Å²) in [5.41, 5.74) is 0.419. The third-order valence-electron chi connectivity index (χ3n) is 3.08. The van der Waals surface area contributed by atoms with Crippen molar-refractivity contribution in [1.29, 1.82) is 0 Å². The summed E-state index contributed by atoms with van der Waals surface area (Å²) in [5.74, 6) is -2.36. The van der Waals surface area contributed by atoms with E-state index in [0.29, 0.717) is 5.56 Å². The Labute approximate surface area is 137 Å². The van der Waals surface area contributed by atoms with Gasteiger partial charge in [-0.25, -0.2) is 4.79 Å². The Hall–Kier alpha value is -2.97. The average molecular weight is 338 g/mol. The molecule has 0 aliphatic heterocycles. The van der Waals surface area contributed by atoms with Crippen LogP contribution >= 0.6 is 0 Å². The minimum absolute atomic E-state index is 0.0293. The maximum atomic E-state index is 11.7. The van der Waals surface area contributed by atoms with Gasteiger partial charge in [-0.3, -0.25) is 19.7 Å². The maximum absolute atomic E-state index is 11.7. The lowest BCUT2D eigenvalue weighted by Gasteiger charge is -2.14. The van der Waals surface area contributed by atoms with Crippen molar-refractivity contribution < 1.29 is 29.2 Å². The molecule has 0 saturated carbocycles. The summed E-state index contributed by atoms with van der Waals surface area (Å²) in [4.78, 5) is 44.2. The van der Waals surface area contributed by atoms with Gasteiger partial charge < -0.3 is 15.2 Å². The molecule has 0 saturated heterocycles. The first-order valence-corrected chi connectivity index (χ1v) is 7.24. The zero-order valence-electron chi connectivity index (χ0n) is 13.1. The number of aliphatic carboxylic acids is 1. The lowest BCUT2D eigenvalue weighted by molar-refractivity contribution is -0.384. The van der Waals surface area contributed by atoms with Gasteiger partial charge in [0.15, 0.2) is 0 Å². The van der Waals surface area contributed by atoms with Crippen LogP contribution in [0, 0.1) is 10.1 Å². The molecule has 0 aliphatic carbocycles. The van der Waals surface area contributed by atoms with Gasteiger partial charge in [0.2, 0.25) is 5.91 Å². The van der Waals surface area contributed by atoms with Crippen LogP contribution in [0.5, 0.6) is 0 Å². The van der Waals surface area contributed by atoms with Crippen LogP contribution in [-0.4, -0.2) is 40.5 Å². The molecule has 24 heavy (non-hydrogen) atoms. The monoisotopic (exact) mass is 338 g/mol. The molecule has 0 unspecified atom stereocenters. The van der Waals surface area contributed by atoms with Crippen LogP contribution < -0.4 is 5.32 Å². The molecule has 1 aromatic rings. The molecule has 1 amide bonds. The third kappa shape index (κ3) is 6.42. The molecule has 0 aliphatic rings. The van der Waals surface area contributed by atoms with Crippen molar-refractivity contribution in [1.82, 2.24) is 5.32 Å². The van der Waals surface area contributed by atoms with E-state index in [0.717, 1.165) is 0 Å². The van der Waals surface area contributed by atoms with Crippen LogP contribution in [0.25, 0.3) is 0 Å². The smallest absolute Gasteiger partial charge is 0.326 e. The highest BCUT2D eigenvalue weighted by Crippen LogP contribution is 2.13. The number of nitro benzene ring substituents is 1. The van der Waals surface area contributed by atoms with Crippen molar-refractivity contribution in [3.8, 4) is 0 Å². The van der Waals surface area contributed by atoms with Gasteiger partial charge in [-0.2, -0.15) is 0 Å². The highest BCUT2D eigenvalue weighted by Gasteiger charge is 2.21. The van der Waals surface area contributed by atoms with Gasteiger partial charge in [-0.1, -0.05) is 12.1 Å². The molecule has 1 aromatic carbocycles. The predicted octanol–water partition coefficient (Wildman–Crippen LogP) is 1.05. The molecule has 1 atom stereocenters. The third-order valence-corrected chi connectivity index (χ3v) is 3.08. The molecular formula is C15H18N2O7. The molecule has 9 nitrogen and oxygen atoms in total. The minimum Gasteiger partial charge on any atom is -0.480 e. The zero-order valence-corrected chi connectivity index (χ0v) is 13.1. The number of ether oxygens (including phenoxy) is 1. The Balaban J connectivity index is 2.60. The molecule has 0 heterocycles. The van der Waals surface area contributed by atoms with Gasteiger partial charge in [0.25, 0.3) is 5.69 Å². The number of benzene rings is 1. The van der Waals surface area contributed by atoms with Crippen molar-refractivity contribution in [3.63, 3.8) is 0 Å². The molecule has 130 valence electrons. The second-order valence-corrected chi connectivity index (χ2v) is 4.89. The van der Waals surface area contributed by atoms with Crippen molar-refractivity contribution in [3.05, 3.63) is 39.9 Å². The summed E-state index contributed by atoms with van der Waals surface area (Å²) in [6, 6.07) is 4.19. The summed E-state index contributed by atoms with van der Waals surface area (Å²) in [7, 11) is 0. The van der Waals surface area contributed by atoms with E-state index in [2.05, 4.69) is 10.1 Å². The van der Waals surface area contributed by atoms with Crippen molar-refractivity contribution >= 4 is 23.5 Å². The molecule has 9 heteroatoms. The number of non-ortho nitro benzene ring substituents is 1. The number of carboxylic acids is 1. The number of nitrogens with zero attached hydrogens (tertiary/aromatic N) is 1. The van der Waals surface area contributed by atoms with E-state index >= 15 is 0 Å². The van der Waals surface area contributed by atoms with Gasteiger partial charge in [-0.05, 0) is 12.5 Å². The fourth-order valence-corrected chi connectivity index (χ4v) is 1.90. The molecule has 2 N–H and O–H groups in total. The number of amides is 1. The Morgan fingerprint density at radius 3 is 2.38 bits per heavy atom. The summed E-state index contributed by atoms with van der Waals surface area (Å²) in [5, 5.41) is 22.1. The first-order chi connectivity index (χ1) is 11.3. The Morgan fingerprint density at radius 1 is 1.25 bits per heavy atom. The van der Waals surface area contributed by atoms with Gasteiger partial charge in [-0.15, -0.1) is 0 Å². The number of carboxylic acid groups (broad SMARTS) is 1. The van der Waals surface area contributed by atoms with Crippen LogP contribution in [0.1, 0.15) is 25.3 Å². The number of rotatable bonds is 9. The summed E-state index contributed by atoms with van der Waals surface area (Å²) in [6.07, 6.45) is -0.342. The van der Waals surface area contributed by atoms with Gasteiger partial charge in [0.1, 0.15) is 6.04 Å². The number of hydrogen-bond acceptors (Lipinski definition) is 6. The molecule has 0 radical (unpaired) electrons. The van der Waals surface area contributed by atoms with Crippen molar-refractivity contribution in [2.75, 3.05) is 6.61 Å². The van der Waals surface area contributed by atoms with Crippen molar-refractivity contribution in [2.24, 2.45) is 0 Å². The molecule has 0 fully saturated rings. The number of nitrogens with one attached hydrogen (secondary N) is 1. The molecule has 0 aromatic heterocycles. The molecule has 1 rings (SSSR count). The molecule has 0 spiro atoms. The Kier molecular flexibility index (Phi) is 7.34.